The fourth-order valence-corrected chi connectivity index (χ4v) is 4.77. The summed E-state index contributed by atoms with van der Waals surface area (Å²) >= 11 is 0. The molecule has 0 bridgehead atoms. The summed E-state index contributed by atoms with van der Waals surface area (Å²) in [6.07, 6.45) is 6.71. The zero-order valence-electron chi connectivity index (χ0n) is 20.3. The molecule has 8 nitrogen and oxygen atoms in total. The third kappa shape index (κ3) is 5.38. The minimum atomic E-state index is -0.0615. The van der Waals surface area contributed by atoms with Crippen LogP contribution in [0.15, 0.2) is 42.6 Å². The van der Waals surface area contributed by atoms with Gasteiger partial charge < -0.3 is 25.0 Å². The molecule has 5 rings (SSSR count). The molecule has 1 amide bonds. The number of hydrogen-bond donors (Lipinski definition) is 2. The molecule has 8 heteroatoms. The predicted molar refractivity (Wildman–Crippen MR) is 137 cm³/mol. The van der Waals surface area contributed by atoms with E-state index in [9.17, 15) is 4.79 Å². The summed E-state index contributed by atoms with van der Waals surface area (Å²) in [6, 6.07) is 11.8. The van der Waals surface area contributed by atoms with Gasteiger partial charge in [-0.2, -0.15) is 0 Å². The molecule has 3 aromatic rings. The molecule has 0 saturated carbocycles. The number of likely N-dealkylation sites (tertiary alicyclic amines) is 1. The SMILES string of the molecule is COc1cc(Nc2ncc3c(n2)-c2cc(CCCN4CCCC4)ccc2NC(=O)C3)cc(OC)c1. The Hall–Kier alpha value is -3.65. The second-order valence-corrected chi connectivity index (χ2v) is 9.05. The number of nitrogens with one attached hydrogen (secondary N) is 2. The number of ether oxygens (including phenoxy) is 2. The molecule has 2 N–H and O–H groups in total. The first-order chi connectivity index (χ1) is 17.1. The lowest BCUT2D eigenvalue weighted by molar-refractivity contribution is -0.115. The molecule has 2 aliphatic rings. The van der Waals surface area contributed by atoms with E-state index in [-0.39, 0.29) is 12.3 Å². The van der Waals surface area contributed by atoms with Crippen LogP contribution >= 0.6 is 0 Å². The highest BCUT2D eigenvalue weighted by Crippen LogP contribution is 2.35. The summed E-state index contributed by atoms with van der Waals surface area (Å²) in [4.78, 5) is 24.4. The van der Waals surface area contributed by atoms with Crippen molar-refractivity contribution >= 4 is 23.2 Å². The third-order valence-electron chi connectivity index (χ3n) is 6.57. The van der Waals surface area contributed by atoms with Gasteiger partial charge in [-0.15, -0.1) is 0 Å². The van der Waals surface area contributed by atoms with Gasteiger partial charge >= 0.3 is 0 Å². The highest BCUT2D eigenvalue weighted by atomic mass is 16.5. The number of rotatable bonds is 8. The quantitative estimate of drug-likeness (QED) is 0.500. The Morgan fingerprint density at radius 3 is 2.57 bits per heavy atom. The van der Waals surface area contributed by atoms with Crippen LogP contribution in [0, 0.1) is 0 Å². The fraction of sp³-hybridized carbons (Fsp3) is 0.370. The average molecular weight is 474 g/mol. The number of nitrogens with zero attached hydrogens (tertiary/aromatic N) is 3. The lowest BCUT2D eigenvalue weighted by Crippen LogP contribution is -2.20. The van der Waals surface area contributed by atoms with Crippen LogP contribution in [-0.4, -0.2) is 54.6 Å². The van der Waals surface area contributed by atoms with Crippen LogP contribution in [0.2, 0.25) is 0 Å². The molecule has 2 aromatic carbocycles. The van der Waals surface area contributed by atoms with Gasteiger partial charge in [0.2, 0.25) is 11.9 Å². The maximum atomic E-state index is 12.5. The highest BCUT2D eigenvalue weighted by molar-refractivity contribution is 6.00. The number of benzene rings is 2. The van der Waals surface area contributed by atoms with Crippen molar-refractivity contribution in [2.24, 2.45) is 0 Å². The second-order valence-electron chi connectivity index (χ2n) is 9.05. The van der Waals surface area contributed by atoms with Crippen LogP contribution < -0.4 is 20.1 Å². The molecular weight excluding hydrogens is 442 g/mol. The molecular formula is C27H31N5O3. The highest BCUT2D eigenvalue weighted by Gasteiger charge is 2.22. The molecule has 0 radical (unpaired) electrons. The first kappa shape index (κ1) is 23.1. The van der Waals surface area contributed by atoms with E-state index < -0.39 is 0 Å². The number of aryl methyl sites for hydroxylation is 1. The van der Waals surface area contributed by atoms with Crippen LogP contribution in [0.3, 0.4) is 0 Å². The Kier molecular flexibility index (Phi) is 6.81. The first-order valence-electron chi connectivity index (χ1n) is 12.1. The number of methoxy groups -OCH3 is 2. The molecule has 182 valence electrons. The third-order valence-corrected chi connectivity index (χ3v) is 6.57. The Balaban J connectivity index is 1.42. The lowest BCUT2D eigenvalue weighted by atomic mass is 10.00. The van der Waals surface area contributed by atoms with E-state index >= 15 is 0 Å². The number of anilines is 3. The van der Waals surface area contributed by atoms with E-state index in [0.717, 1.165) is 47.6 Å². The monoisotopic (exact) mass is 473 g/mol. The molecule has 2 aliphatic heterocycles. The number of carbonyl (C=O) groups excluding carboxylic acids is 1. The molecule has 3 heterocycles. The van der Waals surface area contributed by atoms with Gasteiger partial charge in [0, 0.05) is 41.2 Å². The molecule has 0 aliphatic carbocycles. The molecule has 1 saturated heterocycles. The van der Waals surface area contributed by atoms with Crippen molar-refractivity contribution in [1.82, 2.24) is 14.9 Å². The zero-order chi connectivity index (χ0) is 24.2. The Bertz CT molecular complexity index is 1200. The van der Waals surface area contributed by atoms with Crippen LogP contribution in [0.4, 0.5) is 17.3 Å². The lowest BCUT2D eigenvalue weighted by Gasteiger charge is -2.15. The van der Waals surface area contributed by atoms with Crippen molar-refractivity contribution in [3.8, 4) is 22.8 Å². The standard InChI is InChI=1S/C27H31N5O3/c1-34-21-14-20(15-22(16-21)35-2)29-27-28-17-19-13-25(33)30-24-8-7-18(12-23(24)26(19)31-27)6-5-11-32-9-3-4-10-32/h7-8,12,14-17H,3-6,9-11,13H2,1-2H3,(H,30,33)(H,28,29,31). The van der Waals surface area contributed by atoms with Gasteiger partial charge in [0.1, 0.15) is 11.5 Å². The van der Waals surface area contributed by atoms with Crippen LogP contribution in [0.1, 0.15) is 30.4 Å². The number of amides is 1. The Morgan fingerprint density at radius 1 is 1.06 bits per heavy atom. The summed E-state index contributed by atoms with van der Waals surface area (Å²) in [5, 5.41) is 6.28. The maximum absolute atomic E-state index is 12.5. The van der Waals surface area contributed by atoms with Gasteiger partial charge in [-0.1, -0.05) is 6.07 Å². The minimum Gasteiger partial charge on any atom is -0.497 e. The molecule has 1 aromatic heterocycles. The van der Waals surface area contributed by atoms with Crippen LogP contribution in [-0.2, 0) is 17.6 Å². The van der Waals surface area contributed by atoms with Crippen molar-refractivity contribution in [1.29, 1.82) is 0 Å². The molecule has 35 heavy (non-hydrogen) atoms. The number of carbonyl (C=O) groups is 1. The fourth-order valence-electron chi connectivity index (χ4n) is 4.77. The molecule has 1 fully saturated rings. The van der Waals surface area contributed by atoms with Crippen LogP contribution in [0.25, 0.3) is 11.3 Å². The summed E-state index contributed by atoms with van der Waals surface area (Å²) in [5.41, 5.74) is 5.29. The Labute approximate surface area is 205 Å². The van der Waals surface area contributed by atoms with E-state index in [1.54, 1.807) is 20.4 Å². The van der Waals surface area contributed by atoms with Crippen molar-refractivity contribution in [3.05, 3.63) is 53.7 Å². The molecule has 0 unspecified atom stereocenters. The topological polar surface area (TPSA) is 88.6 Å². The van der Waals surface area contributed by atoms with Gasteiger partial charge in [0.15, 0.2) is 0 Å². The van der Waals surface area contributed by atoms with Gasteiger partial charge in [-0.25, -0.2) is 9.97 Å². The second kappa shape index (κ2) is 10.3. The van der Waals surface area contributed by atoms with Gasteiger partial charge in [0.25, 0.3) is 0 Å². The van der Waals surface area contributed by atoms with E-state index in [4.69, 9.17) is 14.5 Å². The van der Waals surface area contributed by atoms with Crippen molar-refractivity contribution in [3.63, 3.8) is 0 Å². The summed E-state index contributed by atoms with van der Waals surface area (Å²) in [5.74, 6) is 1.72. The number of fused-ring (bicyclic) bond motifs is 3. The summed E-state index contributed by atoms with van der Waals surface area (Å²) < 4.78 is 10.7. The Morgan fingerprint density at radius 2 is 1.83 bits per heavy atom. The smallest absolute Gasteiger partial charge is 0.228 e. The number of hydrogen-bond acceptors (Lipinski definition) is 7. The summed E-state index contributed by atoms with van der Waals surface area (Å²) in [7, 11) is 3.22. The zero-order valence-corrected chi connectivity index (χ0v) is 20.3. The summed E-state index contributed by atoms with van der Waals surface area (Å²) in [6.45, 7) is 3.57. The van der Waals surface area contributed by atoms with Crippen molar-refractivity contribution in [2.75, 3.05) is 44.5 Å². The van der Waals surface area contributed by atoms with E-state index in [1.165, 1.54) is 31.5 Å². The normalized spacial score (nSPS) is 15.1. The van der Waals surface area contributed by atoms with E-state index in [2.05, 4.69) is 32.7 Å². The van der Waals surface area contributed by atoms with Gasteiger partial charge in [0.05, 0.1) is 32.0 Å². The van der Waals surface area contributed by atoms with Crippen LogP contribution in [0.5, 0.6) is 11.5 Å². The largest absolute Gasteiger partial charge is 0.497 e. The van der Waals surface area contributed by atoms with E-state index in [1.807, 2.05) is 24.3 Å². The molecule has 0 atom stereocenters. The first-order valence-corrected chi connectivity index (χ1v) is 12.1. The molecule has 0 spiro atoms. The minimum absolute atomic E-state index is 0.0615. The van der Waals surface area contributed by atoms with E-state index in [0.29, 0.717) is 17.4 Å². The maximum Gasteiger partial charge on any atom is 0.228 e. The number of aromatic nitrogens is 2. The van der Waals surface area contributed by atoms with Gasteiger partial charge in [-0.05, 0) is 63.0 Å². The predicted octanol–water partition coefficient (Wildman–Crippen LogP) is 4.43. The average Bonchev–Trinajstić information content (AvgIpc) is 3.34. The van der Waals surface area contributed by atoms with Crippen molar-refractivity contribution < 1.29 is 14.3 Å². The van der Waals surface area contributed by atoms with Gasteiger partial charge in [-0.3, -0.25) is 4.79 Å². The van der Waals surface area contributed by atoms with Crippen molar-refractivity contribution in [2.45, 2.75) is 32.1 Å².